The maximum atomic E-state index is 12.3. The minimum absolute atomic E-state index is 0.0380. The van der Waals surface area contributed by atoms with Crippen LogP contribution in [-0.2, 0) is 4.79 Å². The Kier molecular flexibility index (Phi) is 5.61. The highest BCUT2D eigenvalue weighted by Crippen LogP contribution is 2.27. The van der Waals surface area contributed by atoms with E-state index in [9.17, 15) is 4.79 Å². The van der Waals surface area contributed by atoms with Crippen molar-refractivity contribution in [1.82, 2.24) is 4.98 Å². The summed E-state index contributed by atoms with van der Waals surface area (Å²) in [7, 11) is 0. The van der Waals surface area contributed by atoms with Gasteiger partial charge in [0, 0.05) is 10.9 Å². The highest BCUT2D eigenvalue weighted by Gasteiger charge is 2.12. The average molecular weight is 381 g/mol. The Morgan fingerprint density at radius 3 is 2.44 bits per heavy atom. The van der Waals surface area contributed by atoms with Gasteiger partial charge in [0.05, 0.1) is 5.69 Å². The molecule has 1 N–H and O–H groups in total. The van der Waals surface area contributed by atoms with Gasteiger partial charge < -0.3 is 4.74 Å². The molecule has 0 saturated carbocycles. The number of anilines is 1. The highest BCUT2D eigenvalue weighted by molar-refractivity contribution is 7.14. The molecule has 0 spiro atoms. The van der Waals surface area contributed by atoms with Crippen molar-refractivity contribution in [3.05, 3.63) is 63.5 Å². The molecule has 0 unspecified atom stereocenters. The van der Waals surface area contributed by atoms with E-state index in [1.165, 1.54) is 22.5 Å². The Bertz CT molecular complexity index is 992. The first kappa shape index (κ1) is 19.1. The zero-order chi connectivity index (χ0) is 19.6. The third-order valence-electron chi connectivity index (χ3n) is 4.77. The summed E-state index contributed by atoms with van der Waals surface area (Å²) < 4.78 is 5.77. The van der Waals surface area contributed by atoms with E-state index in [0.717, 1.165) is 33.7 Å². The summed E-state index contributed by atoms with van der Waals surface area (Å²) in [5, 5.41) is 5.36. The van der Waals surface area contributed by atoms with Crippen LogP contribution in [-0.4, -0.2) is 17.5 Å². The molecule has 0 saturated heterocycles. The van der Waals surface area contributed by atoms with Crippen LogP contribution in [0.5, 0.6) is 5.75 Å². The van der Waals surface area contributed by atoms with E-state index in [4.69, 9.17) is 4.74 Å². The number of hydrogen-bond acceptors (Lipinski definition) is 4. The minimum Gasteiger partial charge on any atom is -0.483 e. The van der Waals surface area contributed by atoms with Crippen LogP contribution in [0.4, 0.5) is 5.13 Å². The van der Waals surface area contributed by atoms with Crippen LogP contribution in [0.1, 0.15) is 27.8 Å². The van der Waals surface area contributed by atoms with Crippen LogP contribution in [0.2, 0.25) is 0 Å². The smallest absolute Gasteiger partial charge is 0.264 e. The fourth-order valence-corrected chi connectivity index (χ4v) is 3.54. The number of carbonyl (C=O) groups excluding carboxylic acids is 1. The molecule has 4 nitrogen and oxygen atoms in total. The topological polar surface area (TPSA) is 51.2 Å². The number of aryl methyl sites for hydroxylation is 4. The average Bonchev–Trinajstić information content (AvgIpc) is 3.09. The second-order valence-electron chi connectivity index (χ2n) is 6.83. The van der Waals surface area contributed by atoms with Crippen LogP contribution in [0.25, 0.3) is 11.3 Å². The van der Waals surface area contributed by atoms with E-state index in [1.807, 2.05) is 32.2 Å². The number of carbonyl (C=O) groups is 1. The van der Waals surface area contributed by atoms with E-state index in [-0.39, 0.29) is 12.5 Å². The van der Waals surface area contributed by atoms with Gasteiger partial charge in [-0.15, -0.1) is 11.3 Å². The number of ether oxygens (including phenoxy) is 1. The lowest BCUT2D eigenvalue weighted by Crippen LogP contribution is -2.20. The molecule has 27 heavy (non-hydrogen) atoms. The fraction of sp³-hybridized carbons (Fsp3) is 0.273. The number of rotatable bonds is 5. The Morgan fingerprint density at radius 1 is 1.00 bits per heavy atom. The van der Waals surface area contributed by atoms with Crippen molar-refractivity contribution in [3.8, 4) is 17.0 Å². The Hall–Kier alpha value is -2.66. The zero-order valence-electron chi connectivity index (χ0n) is 16.3. The molecule has 3 aromatic rings. The third-order valence-corrected chi connectivity index (χ3v) is 5.53. The maximum Gasteiger partial charge on any atom is 0.264 e. The molecular formula is C22H24N2O2S. The summed E-state index contributed by atoms with van der Waals surface area (Å²) >= 11 is 1.41. The molecule has 0 bridgehead atoms. The first-order valence-electron chi connectivity index (χ1n) is 8.87. The Labute approximate surface area is 164 Å². The fourth-order valence-electron chi connectivity index (χ4n) is 2.81. The predicted octanol–water partition coefficient (Wildman–Crippen LogP) is 5.37. The van der Waals surface area contributed by atoms with Crippen molar-refractivity contribution in [3.63, 3.8) is 0 Å². The monoisotopic (exact) mass is 380 g/mol. The SMILES string of the molecule is Cc1ccc(-c2csc(NC(=O)COc3c(C)ccc(C)c3C)n2)cc1C. The van der Waals surface area contributed by atoms with E-state index in [2.05, 4.69) is 48.4 Å². The van der Waals surface area contributed by atoms with Gasteiger partial charge in [0.2, 0.25) is 0 Å². The van der Waals surface area contributed by atoms with Gasteiger partial charge >= 0.3 is 0 Å². The summed E-state index contributed by atoms with van der Waals surface area (Å²) in [5.74, 6) is 0.566. The number of hydrogen-bond donors (Lipinski definition) is 1. The lowest BCUT2D eigenvalue weighted by Gasteiger charge is -2.13. The van der Waals surface area contributed by atoms with Crippen LogP contribution in [0.3, 0.4) is 0 Å². The lowest BCUT2D eigenvalue weighted by molar-refractivity contribution is -0.118. The summed E-state index contributed by atoms with van der Waals surface area (Å²) in [6.07, 6.45) is 0. The van der Waals surface area contributed by atoms with E-state index in [1.54, 1.807) is 0 Å². The van der Waals surface area contributed by atoms with E-state index >= 15 is 0 Å². The van der Waals surface area contributed by atoms with Gasteiger partial charge in [-0.2, -0.15) is 0 Å². The third kappa shape index (κ3) is 4.37. The predicted molar refractivity (Wildman–Crippen MR) is 112 cm³/mol. The molecule has 2 aromatic carbocycles. The number of nitrogens with zero attached hydrogens (tertiary/aromatic N) is 1. The molecule has 0 radical (unpaired) electrons. The molecule has 0 aliphatic rings. The van der Waals surface area contributed by atoms with Gasteiger partial charge in [0.25, 0.3) is 5.91 Å². The summed E-state index contributed by atoms with van der Waals surface area (Å²) in [5.41, 5.74) is 7.63. The number of aromatic nitrogens is 1. The van der Waals surface area contributed by atoms with Crippen LogP contribution in [0.15, 0.2) is 35.7 Å². The van der Waals surface area contributed by atoms with Gasteiger partial charge in [-0.25, -0.2) is 4.98 Å². The molecular weight excluding hydrogens is 356 g/mol. The second kappa shape index (κ2) is 7.92. The standard InChI is InChI=1S/C22H24N2O2S/c1-13-8-9-18(10-16(13)4)19-12-27-22(23-19)24-20(25)11-26-21-15(3)7-6-14(2)17(21)5/h6-10,12H,11H2,1-5H3,(H,23,24,25). The van der Waals surface area contributed by atoms with Gasteiger partial charge in [-0.3, -0.25) is 10.1 Å². The Balaban J connectivity index is 1.65. The molecule has 3 rings (SSSR count). The van der Waals surface area contributed by atoms with Gasteiger partial charge in [-0.05, 0) is 68.5 Å². The van der Waals surface area contributed by atoms with Crippen molar-refractivity contribution >= 4 is 22.4 Å². The molecule has 1 heterocycles. The number of thiazole rings is 1. The lowest BCUT2D eigenvalue weighted by atomic mass is 10.1. The van der Waals surface area contributed by atoms with Crippen LogP contribution >= 0.6 is 11.3 Å². The molecule has 1 aromatic heterocycles. The minimum atomic E-state index is -0.212. The maximum absolute atomic E-state index is 12.3. The summed E-state index contributed by atoms with van der Waals surface area (Å²) in [6, 6.07) is 10.3. The van der Waals surface area contributed by atoms with Gasteiger partial charge in [0.15, 0.2) is 11.7 Å². The van der Waals surface area contributed by atoms with Crippen molar-refractivity contribution in [2.75, 3.05) is 11.9 Å². The molecule has 0 fully saturated rings. The summed E-state index contributed by atoms with van der Waals surface area (Å²) in [4.78, 5) is 16.8. The van der Waals surface area contributed by atoms with Crippen LogP contribution in [0, 0.1) is 34.6 Å². The van der Waals surface area contributed by atoms with Crippen molar-refractivity contribution in [1.29, 1.82) is 0 Å². The summed E-state index contributed by atoms with van der Waals surface area (Å²) in [6.45, 7) is 10.2. The van der Waals surface area contributed by atoms with Gasteiger partial charge in [0.1, 0.15) is 5.75 Å². The number of amides is 1. The van der Waals surface area contributed by atoms with Crippen molar-refractivity contribution < 1.29 is 9.53 Å². The van der Waals surface area contributed by atoms with Gasteiger partial charge in [-0.1, -0.05) is 24.3 Å². The second-order valence-corrected chi connectivity index (χ2v) is 7.69. The molecule has 0 aliphatic carbocycles. The van der Waals surface area contributed by atoms with Crippen molar-refractivity contribution in [2.45, 2.75) is 34.6 Å². The normalized spacial score (nSPS) is 10.7. The van der Waals surface area contributed by atoms with E-state index in [0.29, 0.717) is 5.13 Å². The largest absolute Gasteiger partial charge is 0.483 e. The van der Waals surface area contributed by atoms with Crippen LogP contribution < -0.4 is 10.1 Å². The molecule has 0 atom stereocenters. The number of nitrogens with one attached hydrogen (secondary N) is 1. The molecule has 0 aliphatic heterocycles. The molecule has 140 valence electrons. The molecule has 1 amide bonds. The first-order valence-corrected chi connectivity index (χ1v) is 9.75. The zero-order valence-corrected chi connectivity index (χ0v) is 17.2. The first-order chi connectivity index (χ1) is 12.8. The Morgan fingerprint density at radius 2 is 1.70 bits per heavy atom. The van der Waals surface area contributed by atoms with E-state index < -0.39 is 0 Å². The highest BCUT2D eigenvalue weighted by atomic mass is 32.1. The quantitative estimate of drug-likeness (QED) is 0.647. The van der Waals surface area contributed by atoms with Crippen molar-refractivity contribution in [2.24, 2.45) is 0 Å². The molecule has 5 heteroatoms. The number of benzene rings is 2.